The molecular formula is C20H16N6O5S2. The minimum atomic E-state index is -4.50. The van der Waals surface area contributed by atoms with Gasteiger partial charge in [0.15, 0.2) is 0 Å². The number of hydrogen-bond acceptors (Lipinski definition) is 9. The van der Waals surface area contributed by atoms with Gasteiger partial charge >= 0.3 is 0 Å². The average Bonchev–Trinajstić information content (AvgIpc) is 2.78. The Morgan fingerprint density at radius 3 is 2.21 bits per heavy atom. The summed E-state index contributed by atoms with van der Waals surface area (Å²) < 4.78 is 60.1. The van der Waals surface area contributed by atoms with Crippen molar-refractivity contribution in [2.24, 2.45) is 10.2 Å². The van der Waals surface area contributed by atoms with Crippen LogP contribution in [0, 0.1) is 0 Å². The van der Waals surface area contributed by atoms with Gasteiger partial charge in [-0.3, -0.25) is 4.55 Å². The first-order valence-corrected chi connectivity index (χ1v) is 12.2. The van der Waals surface area contributed by atoms with Crippen LogP contribution in [0.2, 0.25) is 0 Å². The second-order valence-corrected chi connectivity index (χ2v) is 9.77. The van der Waals surface area contributed by atoms with Crippen LogP contribution >= 0.6 is 0 Å². The number of nitrogens with two attached hydrogens (primary N) is 1. The largest absolute Gasteiger partial charge is 0.398 e. The van der Waals surface area contributed by atoms with Crippen LogP contribution in [0.3, 0.4) is 0 Å². The second-order valence-electron chi connectivity index (χ2n) is 6.70. The van der Waals surface area contributed by atoms with Gasteiger partial charge in [-0.15, -0.1) is 5.11 Å². The lowest BCUT2D eigenvalue weighted by molar-refractivity contribution is 0.484. The number of aromatic nitrogens is 2. The molecule has 0 amide bonds. The molecule has 0 radical (unpaired) electrons. The summed E-state index contributed by atoms with van der Waals surface area (Å²) in [6.07, 6.45) is 2.82. The van der Waals surface area contributed by atoms with Crippen LogP contribution in [0.15, 0.2) is 93.1 Å². The Morgan fingerprint density at radius 1 is 0.848 bits per heavy atom. The first-order chi connectivity index (χ1) is 15.6. The number of benzene rings is 3. The molecule has 0 spiro atoms. The molecular weight excluding hydrogens is 468 g/mol. The van der Waals surface area contributed by atoms with E-state index in [1.807, 2.05) is 0 Å². The van der Waals surface area contributed by atoms with E-state index in [2.05, 4.69) is 24.9 Å². The molecule has 168 valence electrons. The minimum absolute atomic E-state index is 0.0235. The molecule has 0 fully saturated rings. The van der Waals surface area contributed by atoms with Crippen molar-refractivity contribution in [1.29, 1.82) is 0 Å². The van der Waals surface area contributed by atoms with E-state index >= 15 is 0 Å². The van der Waals surface area contributed by atoms with Crippen molar-refractivity contribution in [2.45, 2.75) is 9.79 Å². The van der Waals surface area contributed by atoms with Gasteiger partial charge < -0.3 is 5.73 Å². The lowest BCUT2D eigenvalue weighted by atomic mass is 10.1. The molecule has 0 aliphatic rings. The molecule has 0 unspecified atom stereocenters. The average molecular weight is 485 g/mol. The number of hydrogen-bond donors (Lipinski definition) is 3. The summed E-state index contributed by atoms with van der Waals surface area (Å²) in [7, 11) is -8.39. The van der Waals surface area contributed by atoms with Crippen molar-refractivity contribution in [3.8, 4) is 0 Å². The maximum atomic E-state index is 12.5. The summed E-state index contributed by atoms with van der Waals surface area (Å²) in [4.78, 5) is 7.29. The molecule has 0 aliphatic heterocycles. The van der Waals surface area contributed by atoms with E-state index in [0.717, 1.165) is 0 Å². The van der Waals surface area contributed by atoms with E-state index in [0.29, 0.717) is 16.8 Å². The molecule has 0 bridgehead atoms. The van der Waals surface area contributed by atoms with Crippen molar-refractivity contribution >= 4 is 53.9 Å². The highest BCUT2D eigenvalue weighted by Crippen LogP contribution is 2.35. The summed E-state index contributed by atoms with van der Waals surface area (Å²) >= 11 is 0. The van der Waals surface area contributed by atoms with Crippen molar-refractivity contribution in [2.75, 3.05) is 10.5 Å². The zero-order valence-electron chi connectivity index (χ0n) is 16.7. The van der Waals surface area contributed by atoms with E-state index in [-0.39, 0.29) is 26.8 Å². The maximum Gasteiger partial charge on any atom is 0.295 e. The van der Waals surface area contributed by atoms with E-state index in [9.17, 15) is 21.4 Å². The molecule has 33 heavy (non-hydrogen) atoms. The fourth-order valence-corrected chi connectivity index (χ4v) is 4.72. The highest BCUT2D eigenvalue weighted by molar-refractivity contribution is 7.92. The summed E-state index contributed by atoms with van der Waals surface area (Å²) in [6.45, 7) is 0. The molecule has 4 aromatic rings. The number of nitrogens with zero attached hydrogens (tertiary/aromatic N) is 4. The number of anilines is 2. The smallest absolute Gasteiger partial charge is 0.295 e. The molecule has 0 saturated carbocycles. The van der Waals surface area contributed by atoms with Gasteiger partial charge in [0.2, 0.25) is 5.95 Å². The Labute approximate surface area is 188 Å². The van der Waals surface area contributed by atoms with E-state index in [4.69, 9.17) is 5.73 Å². The van der Waals surface area contributed by atoms with Crippen molar-refractivity contribution < 1.29 is 21.4 Å². The monoisotopic (exact) mass is 484 g/mol. The molecule has 0 saturated heterocycles. The molecule has 3 aromatic carbocycles. The number of rotatable bonds is 6. The van der Waals surface area contributed by atoms with Crippen LogP contribution in [-0.2, 0) is 20.1 Å². The van der Waals surface area contributed by atoms with Crippen molar-refractivity contribution in [3.63, 3.8) is 0 Å². The molecule has 1 aromatic heterocycles. The Hall–Kier alpha value is -3.94. The lowest BCUT2D eigenvalue weighted by Gasteiger charge is -2.08. The molecule has 0 atom stereocenters. The summed E-state index contributed by atoms with van der Waals surface area (Å²) in [5.41, 5.74) is 6.73. The van der Waals surface area contributed by atoms with E-state index in [1.54, 1.807) is 18.2 Å². The second kappa shape index (κ2) is 8.54. The van der Waals surface area contributed by atoms with Crippen LogP contribution in [0.5, 0.6) is 0 Å². The Morgan fingerprint density at radius 2 is 1.55 bits per heavy atom. The van der Waals surface area contributed by atoms with Gasteiger partial charge in [0.05, 0.1) is 16.3 Å². The standard InChI is InChI=1S/C20H16N6O5S2/c21-16-9-10-17(15-3-1-4-18(19(15)16)33(29,30)31)25-24-13-5-7-14(8-6-13)32(27,28)26-20-22-11-2-12-23-20/h1-12H,21H2,(H,22,23,26)(H,29,30,31). The fourth-order valence-electron chi connectivity index (χ4n) is 3.02. The van der Waals surface area contributed by atoms with E-state index in [1.165, 1.54) is 54.9 Å². The van der Waals surface area contributed by atoms with Crippen LogP contribution in [-0.4, -0.2) is 31.4 Å². The molecule has 13 heteroatoms. The number of nitrogen functional groups attached to an aromatic ring is 1. The topological polar surface area (TPSA) is 177 Å². The maximum absolute atomic E-state index is 12.5. The number of nitrogens with one attached hydrogen (secondary N) is 1. The first kappa shape index (κ1) is 22.3. The molecule has 4 rings (SSSR count). The van der Waals surface area contributed by atoms with Crippen LogP contribution in [0.4, 0.5) is 23.0 Å². The summed E-state index contributed by atoms with van der Waals surface area (Å²) in [5, 5.41) is 8.73. The van der Waals surface area contributed by atoms with Crippen LogP contribution < -0.4 is 10.5 Å². The zero-order valence-corrected chi connectivity index (χ0v) is 18.3. The van der Waals surface area contributed by atoms with Crippen molar-refractivity contribution in [3.05, 3.63) is 73.1 Å². The third-order valence-corrected chi connectivity index (χ3v) is 6.74. The van der Waals surface area contributed by atoms with Crippen LogP contribution in [0.25, 0.3) is 10.8 Å². The van der Waals surface area contributed by atoms with Gasteiger partial charge in [-0.25, -0.2) is 23.1 Å². The lowest BCUT2D eigenvalue weighted by Crippen LogP contribution is -2.14. The molecule has 11 nitrogen and oxygen atoms in total. The normalized spacial score (nSPS) is 12.3. The van der Waals surface area contributed by atoms with Gasteiger partial charge in [-0.2, -0.15) is 13.5 Å². The third-order valence-electron chi connectivity index (χ3n) is 4.50. The van der Waals surface area contributed by atoms with Gasteiger partial charge in [0, 0.05) is 28.9 Å². The highest BCUT2D eigenvalue weighted by Gasteiger charge is 2.18. The van der Waals surface area contributed by atoms with Gasteiger partial charge in [-0.05, 0) is 48.5 Å². The summed E-state index contributed by atoms with van der Waals surface area (Å²) in [5.74, 6) is -0.0549. The Balaban J connectivity index is 1.63. The Kier molecular flexibility index (Phi) is 5.76. The molecule has 0 aliphatic carbocycles. The predicted octanol–water partition coefficient (Wildman–Crippen LogP) is 3.67. The summed E-state index contributed by atoms with van der Waals surface area (Å²) in [6, 6.07) is 14.5. The van der Waals surface area contributed by atoms with Gasteiger partial charge in [-0.1, -0.05) is 12.1 Å². The highest BCUT2D eigenvalue weighted by atomic mass is 32.2. The number of azo groups is 1. The molecule has 1 heterocycles. The minimum Gasteiger partial charge on any atom is -0.398 e. The zero-order chi connectivity index (χ0) is 23.6. The quantitative estimate of drug-likeness (QED) is 0.211. The number of sulfonamides is 1. The van der Waals surface area contributed by atoms with E-state index < -0.39 is 20.1 Å². The third kappa shape index (κ3) is 4.79. The van der Waals surface area contributed by atoms with Gasteiger partial charge in [0.1, 0.15) is 4.90 Å². The predicted molar refractivity (Wildman–Crippen MR) is 122 cm³/mol. The molecule has 4 N–H and O–H groups in total. The fraction of sp³-hybridized carbons (Fsp3) is 0. The number of fused-ring (bicyclic) bond motifs is 1. The first-order valence-electron chi connectivity index (χ1n) is 9.25. The SMILES string of the molecule is Nc1ccc(N=Nc2ccc(S(=O)(=O)Nc3ncccn3)cc2)c2cccc(S(=O)(=O)O)c12. The van der Waals surface area contributed by atoms with Crippen molar-refractivity contribution in [1.82, 2.24) is 9.97 Å². The Bertz CT molecular complexity index is 1570. The van der Waals surface area contributed by atoms with Crippen LogP contribution in [0.1, 0.15) is 0 Å². The van der Waals surface area contributed by atoms with Gasteiger partial charge in [0.25, 0.3) is 20.1 Å².